The minimum absolute atomic E-state index is 0.0352. The van der Waals surface area contributed by atoms with Gasteiger partial charge in [-0.3, -0.25) is 23.3 Å². The molecular formula is C22H24FN5O4. The van der Waals surface area contributed by atoms with Gasteiger partial charge in [-0.05, 0) is 37.5 Å². The fourth-order valence-corrected chi connectivity index (χ4v) is 3.93. The number of hydrogen-bond donors (Lipinski definition) is 1. The zero-order valence-electron chi connectivity index (χ0n) is 18.1. The van der Waals surface area contributed by atoms with E-state index in [1.54, 1.807) is 12.1 Å². The number of aromatic nitrogens is 5. The van der Waals surface area contributed by atoms with Gasteiger partial charge in [0.2, 0.25) is 11.7 Å². The van der Waals surface area contributed by atoms with Crippen LogP contribution >= 0.6 is 0 Å². The van der Waals surface area contributed by atoms with Crippen molar-refractivity contribution in [1.82, 2.24) is 23.1 Å². The van der Waals surface area contributed by atoms with Gasteiger partial charge < -0.3 is 5.11 Å². The third-order valence-electron chi connectivity index (χ3n) is 5.51. The molecule has 1 aromatic carbocycles. The Balaban J connectivity index is 2.16. The number of rotatable bonds is 6. The van der Waals surface area contributed by atoms with Crippen LogP contribution in [-0.4, -0.2) is 28.2 Å². The Bertz CT molecular complexity index is 1510. The molecule has 9 nitrogen and oxygen atoms in total. The van der Waals surface area contributed by atoms with E-state index in [2.05, 4.69) is 4.98 Å². The van der Waals surface area contributed by atoms with Gasteiger partial charge in [0, 0.05) is 13.1 Å². The first-order valence-corrected chi connectivity index (χ1v) is 10.5. The summed E-state index contributed by atoms with van der Waals surface area (Å²) < 4.78 is 18.4. The third-order valence-corrected chi connectivity index (χ3v) is 5.51. The van der Waals surface area contributed by atoms with Gasteiger partial charge in [-0.1, -0.05) is 26.0 Å². The average Bonchev–Trinajstić information content (AvgIpc) is 3.17. The molecule has 0 amide bonds. The lowest BCUT2D eigenvalue weighted by Crippen LogP contribution is -2.40. The fourth-order valence-electron chi connectivity index (χ4n) is 3.93. The van der Waals surface area contributed by atoms with Crippen LogP contribution in [0.2, 0.25) is 0 Å². The van der Waals surface area contributed by atoms with Gasteiger partial charge in [-0.2, -0.15) is 4.98 Å². The molecule has 3 heterocycles. The van der Waals surface area contributed by atoms with Crippen LogP contribution in [0.4, 0.5) is 4.39 Å². The van der Waals surface area contributed by atoms with E-state index in [1.807, 2.05) is 13.8 Å². The fraction of sp³-hybridized carbons (Fsp3) is 0.364. The van der Waals surface area contributed by atoms with E-state index < -0.39 is 28.5 Å². The van der Waals surface area contributed by atoms with Gasteiger partial charge >= 0.3 is 5.69 Å². The Morgan fingerprint density at radius 3 is 2.19 bits per heavy atom. The molecule has 0 aliphatic carbocycles. The highest BCUT2D eigenvalue weighted by Gasteiger charge is 2.24. The Morgan fingerprint density at radius 2 is 1.56 bits per heavy atom. The predicted molar refractivity (Wildman–Crippen MR) is 118 cm³/mol. The van der Waals surface area contributed by atoms with E-state index >= 15 is 0 Å². The van der Waals surface area contributed by atoms with Gasteiger partial charge in [-0.25, -0.2) is 13.6 Å². The van der Waals surface area contributed by atoms with Crippen molar-refractivity contribution in [3.63, 3.8) is 0 Å². The summed E-state index contributed by atoms with van der Waals surface area (Å²) in [6, 6.07) is 5.67. The molecule has 10 heteroatoms. The SMILES string of the molecule is CCCn1c(=O)c2c(nc3n(Cc4ccc(F)cc4)c(=O)c(C)c(O)n23)n(CCC)c1=O. The summed E-state index contributed by atoms with van der Waals surface area (Å²) in [7, 11) is 0. The van der Waals surface area contributed by atoms with Crippen LogP contribution in [0.1, 0.15) is 37.8 Å². The molecule has 4 rings (SSSR count). The topological polar surface area (TPSA) is 104 Å². The summed E-state index contributed by atoms with van der Waals surface area (Å²) in [5, 5.41) is 10.8. The summed E-state index contributed by atoms with van der Waals surface area (Å²) in [4.78, 5) is 43.8. The largest absolute Gasteiger partial charge is 0.494 e. The molecular weight excluding hydrogens is 417 g/mol. The average molecular weight is 441 g/mol. The van der Waals surface area contributed by atoms with Crippen molar-refractivity contribution < 1.29 is 9.50 Å². The second-order valence-corrected chi connectivity index (χ2v) is 7.78. The van der Waals surface area contributed by atoms with Crippen molar-refractivity contribution in [3.05, 3.63) is 72.4 Å². The van der Waals surface area contributed by atoms with Crippen LogP contribution in [0.5, 0.6) is 5.88 Å². The van der Waals surface area contributed by atoms with E-state index in [0.717, 1.165) is 4.57 Å². The second-order valence-electron chi connectivity index (χ2n) is 7.78. The van der Waals surface area contributed by atoms with E-state index in [-0.39, 0.29) is 35.6 Å². The molecule has 0 saturated heterocycles. The maximum atomic E-state index is 13.3. The number of fused-ring (bicyclic) bond motifs is 3. The number of aryl methyl sites for hydroxylation is 1. The number of imidazole rings is 1. The summed E-state index contributed by atoms with van der Waals surface area (Å²) in [6.07, 6.45) is 1.20. The van der Waals surface area contributed by atoms with Crippen LogP contribution in [0.3, 0.4) is 0 Å². The van der Waals surface area contributed by atoms with Crippen LogP contribution in [0, 0.1) is 12.7 Å². The van der Waals surface area contributed by atoms with Crippen molar-refractivity contribution >= 4 is 16.9 Å². The second kappa shape index (κ2) is 8.10. The number of aromatic hydroxyl groups is 1. The third kappa shape index (κ3) is 3.22. The molecule has 0 aliphatic heterocycles. The van der Waals surface area contributed by atoms with Crippen molar-refractivity contribution in [2.45, 2.75) is 53.2 Å². The van der Waals surface area contributed by atoms with Crippen LogP contribution in [0.25, 0.3) is 16.9 Å². The molecule has 0 radical (unpaired) electrons. The van der Waals surface area contributed by atoms with Gasteiger partial charge in [-0.15, -0.1) is 0 Å². The highest BCUT2D eigenvalue weighted by molar-refractivity contribution is 5.76. The molecule has 1 N–H and O–H groups in total. The highest BCUT2D eigenvalue weighted by atomic mass is 19.1. The molecule has 168 valence electrons. The molecule has 0 bridgehead atoms. The summed E-state index contributed by atoms with van der Waals surface area (Å²) >= 11 is 0. The van der Waals surface area contributed by atoms with Crippen LogP contribution in [0.15, 0.2) is 38.6 Å². The minimum atomic E-state index is -0.576. The van der Waals surface area contributed by atoms with Gasteiger partial charge in [0.25, 0.3) is 11.1 Å². The van der Waals surface area contributed by atoms with Crippen LogP contribution < -0.4 is 16.8 Å². The summed E-state index contributed by atoms with van der Waals surface area (Å²) in [5.74, 6) is -0.766. The quantitative estimate of drug-likeness (QED) is 0.493. The Kier molecular flexibility index (Phi) is 5.45. The Morgan fingerprint density at radius 1 is 0.938 bits per heavy atom. The summed E-state index contributed by atoms with van der Waals surface area (Å²) in [5.41, 5.74) is -0.715. The monoisotopic (exact) mass is 441 g/mol. The maximum Gasteiger partial charge on any atom is 0.332 e. The van der Waals surface area contributed by atoms with Gasteiger partial charge in [0.05, 0.1) is 12.1 Å². The van der Waals surface area contributed by atoms with Crippen molar-refractivity contribution in [2.24, 2.45) is 0 Å². The molecule has 4 aromatic rings. The van der Waals surface area contributed by atoms with Gasteiger partial charge in [0.1, 0.15) is 5.82 Å². The lowest BCUT2D eigenvalue weighted by atomic mass is 10.2. The first-order valence-electron chi connectivity index (χ1n) is 10.5. The zero-order valence-corrected chi connectivity index (χ0v) is 18.1. The smallest absolute Gasteiger partial charge is 0.332 e. The summed E-state index contributed by atoms with van der Waals surface area (Å²) in [6.45, 7) is 5.81. The molecule has 0 aliphatic rings. The minimum Gasteiger partial charge on any atom is -0.494 e. The maximum absolute atomic E-state index is 13.3. The Hall–Kier alpha value is -3.69. The normalized spacial score (nSPS) is 11.6. The standard InChI is InChI=1S/C22H24FN5O4/c1-4-10-25-17-16(20(31)26(11-5-2)22(25)32)28-19(30)13(3)18(29)27(21(28)24-17)12-14-6-8-15(23)9-7-14/h6-9,30H,4-5,10-12H2,1-3H3. The number of benzene rings is 1. The van der Waals surface area contributed by atoms with E-state index in [4.69, 9.17) is 0 Å². The predicted octanol–water partition coefficient (Wildman–Crippen LogP) is 1.99. The highest BCUT2D eigenvalue weighted by Crippen LogP contribution is 2.21. The van der Waals surface area contributed by atoms with Gasteiger partial charge in [0.15, 0.2) is 11.2 Å². The van der Waals surface area contributed by atoms with Crippen LogP contribution in [-0.2, 0) is 19.6 Å². The lowest BCUT2D eigenvalue weighted by Gasteiger charge is -2.12. The molecule has 0 fully saturated rings. The number of halogens is 1. The first-order chi connectivity index (χ1) is 15.3. The van der Waals surface area contributed by atoms with E-state index in [9.17, 15) is 23.9 Å². The molecule has 0 atom stereocenters. The van der Waals surface area contributed by atoms with E-state index in [0.29, 0.717) is 24.9 Å². The van der Waals surface area contributed by atoms with Crippen molar-refractivity contribution in [2.75, 3.05) is 0 Å². The molecule has 0 saturated carbocycles. The molecule has 32 heavy (non-hydrogen) atoms. The molecule has 0 unspecified atom stereocenters. The Labute approximate surface area is 181 Å². The van der Waals surface area contributed by atoms with Crippen molar-refractivity contribution in [1.29, 1.82) is 0 Å². The van der Waals surface area contributed by atoms with Crippen molar-refractivity contribution in [3.8, 4) is 5.88 Å². The number of hydrogen-bond acceptors (Lipinski definition) is 5. The lowest BCUT2D eigenvalue weighted by molar-refractivity contribution is 0.437. The molecule has 3 aromatic heterocycles. The first kappa shape index (κ1) is 21.5. The zero-order chi connectivity index (χ0) is 23.2. The number of nitrogens with zero attached hydrogens (tertiary/aromatic N) is 5. The molecule has 0 spiro atoms. The van der Waals surface area contributed by atoms with E-state index in [1.165, 1.54) is 32.6 Å².